The lowest BCUT2D eigenvalue weighted by atomic mass is 10.0. The van der Waals surface area contributed by atoms with Crippen LogP contribution in [0.1, 0.15) is 18.7 Å². The SMILES string of the molecule is CC(=O)C(F)c1ccc(-c2ccccc2)cc1. The lowest BCUT2D eigenvalue weighted by Gasteiger charge is -2.06. The molecule has 86 valence electrons. The van der Waals surface area contributed by atoms with Crippen LogP contribution in [0.25, 0.3) is 11.1 Å². The number of benzene rings is 2. The van der Waals surface area contributed by atoms with Gasteiger partial charge in [0.2, 0.25) is 0 Å². The predicted molar refractivity (Wildman–Crippen MR) is 66.4 cm³/mol. The Morgan fingerprint density at radius 2 is 1.47 bits per heavy atom. The molecule has 0 amide bonds. The zero-order valence-electron chi connectivity index (χ0n) is 9.56. The second-order valence-corrected chi connectivity index (χ2v) is 3.96. The Balaban J connectivity index is 2.28. The zero-order valence-corrected chi connectivity index (χ0v) is 9.56. The van der Waals surface area contributed by atoms with Crippen LogP contribution < -0.4 is 0 Å². The van der Waals surface area contributed by atoms with Crippen molar-refractivity contribution in [1.82, 2.24) is 0 Å². The van der Waals surface area contributed by atoms with Gasteiger partial charge < -0.3 is 0 Å². The highest BCUT2D eigenvalue weighted by molar-refractivity contribution is 5.82. The number of carbonyl (C=O) groups excluding carboxylic acids is 1. The molecule has 0 bridgehead atoms. The van der Waals surface area contributed by atoms with E-state index in [4.69, 9.17) is 0 Å². The van der Waals surface area contributed by atoms with Gasteiger partial charge in [0.15, 0.2) is 12.0 Å². The number of carbonyl (C=O) groups is 1. The zero-order chi connectivity index (χ0) is 12.3. The van der Waals surface area contributed by atoms with E-state index in [0.29, 0.717) is 5.56 Å². The fraction of sp³-hybridized carbons (Fsp3) is 0.133. The molecule has 0 spiro atoms. The summed E-state index contributed by atoms with van der Waals surface area (Å²) < 4.78 is 13.4. The Hall–Kier alpha value is -1.96. The van der Waals surface area contributed by atoms with Gasteiger partial charge >= 0.3 is 0 Å². The topological polar surface area (TPSA) is 17.1 Å². The molecule has 1 nitrogen and oxygen atoms in total. The average molecular weight is 228 g/mol. The van der Waals surface area contributed by atoms with E-state index in [2.05, 4.69) is 0 Å². The molecule has 2 rings (SSSR count). The number of hydrogen-bond acceptors (Lipinski definition) is 1. The molecule has 0 aromatic heterocycles. The number of alkyl halides is 1. The van der Waals surface area contributed by atoms with Crippen LogP contribution in [-0.2, 0) is 4.79 Å². The van der Waals surface area contributed by atoms with Crippen LogP contribution in [0.2, 0.25) is 0 Å². The second kappa shape index (κ2) is 4.91. The molecule has 1 atom stereocenters. The van der Waals surface area contributed by atoms with Crippen molar-refractivity contribution in [1.29, 1.82) is 0 Å². The smallest absolute Gasteiger partial charge is 0.183 e. The van der Waals surface area contributed by atoms with Gasteiger partial charge in [0.25, 0.3) is 0 Å². The van der Waals surface area contributed by atoms with Gasteiger partial charge in [-0.1, -0.05) is 54.6 Å². The van der Waals surface area contributed by atoms with Gasteiger partial charge in [-0.05, 0) is 23.6 Å². The second-order valence-electron chi connectivity index (χ2n) is 3.96. The maximum Gasteiger partial charge on any atom is 0.183 e. The summed E-state index contributed by atoms with van der Waals surface area (Å²) in [7, 11) is 0. The maximum atomic E-state index is 13.4. The van der Waals surface area contributed by atoms with Crippen LogP contribution in [0.4, 0.5) is 4.39 Å². The minimum Gasteiger partial charge on any atom is -0.296 e. The average Bonchev–Trinajstić information content (AvgIpc) is 2.39. The Morgan fingerprint density at radius 3 is 2.00 bits per heavy atom. The van der Waals surface area contributed by atoms with E-state index in [1.54, 1.807) is 12.1 Å². The Bertz CT molecular complexity index is 502. The summed E-state index contributed by atoms with van der Waals surface area (Å²) in [5.74, 6) is -0.461. The normalized spacial score (nSPS) is 12.1. The van der Waals surface area contributed by atoms with E-state index in [1.165, 1.54) is 6.92 Å². The largest absolute Gasteiger partial charge is 0.296 e. The first kappa shape index (κ1) is 11.5. The van der Waals surface area contributed by atoms with Gasteiger partial charge in [-0.2, -0.15) is 0 Å². The predicted octanol–water partition coefficient (Wildman–Crippen LogP) is 3.95. The third-order valence-electron chi connectivity index (χ3n) is 2.67. The molecule has 1 unspecified atom stereocenters. The molecule has 0 aliphatic rings. The van der Waals surface area contributed by atoms with Crippen LogP contribution >= 0.6 is 0 Å². The van der Waals surface area contributed by atoms with Crippen LogP contribution in [0.15, 0.2) is 54.6 Å². The van der Waals surface area contributed by atoms with E-state index in [-0.39, 0.29) is 0 Å². The molecule has 17 heavy (non-hydrogen) atoms. The van der Waals surface area contributed by atoms with Gasteiger partial charge in [0.1, 0.15) is 0 Å². The molecule has 2 aromatic carbocycles. The summed E-state index contributed by atoms with van der Waals surface area (Å²) in [4.78, 5) is 10.9. The molecule has 2 aromatic rings. The minimum atomic E-state index is -1.51. The molecule has 0 aliphatic heterocycles. The molecular weight excluding hydrogens is 215 g/mol. The Labute approximate surface area is 99.9 Å². The molecule has 0 aliphatic carbocycles. The van der Waals surface area contributed by atoms with Crippen molar-refractivity contribution < 1.29 is 9.18 Å². The van der Waals surface area contributed by atoms with E-state index in [1.807, 2.05) is 42.5 Å². The molecule has 2 heteroatoms. The lowest BCUT2D eigenvalue weighted by molar-refractivity contribution is -0.121. The highest BCUT2D eigenvalue weighted by Crippen LogP contribution is 2.23. The van der Waals surface area contributed by atoms with Crippen LogP contribution in [0.5, 0.6) is 0 Å². The van der Waals surface area contributed by atoms with E-state index in [9.17, 15) is 9.18 Å². The lowest BCUT2D eigenvalue weighted by Crippen LogP contribution is -2.02. The summed E-state index contributed by atoms with van der Waals surface area (Å²) >= 11 is 0. The van der Waals surface area contributed by atoms with E-state index >= 15 is 0 Å². The number of ketones is 1. The minimum absolute atomic E-state index is 0.414. The molecule has 0 fully saturated rings. The number of hydrogen-bond donors (Lipinski definition) is 0. The third-order valence-corrected chi connectivity index (χ3v) is 2.67. The van der Waals surface area contributed by atoms with Gasteiger partial charge in [0.05, 0.1) is 0 Å². The van der Waals surface area contributed by atoms with E-state index < -0.39 is 12.0 Å². The molecule has 0 N–H and O–H groups in total. The van der Waals surface area contributed by atoms with Crippen molar-refractivity contribution >= 4 is 5.78 Å². The van der Waals surface area contributed by atoms with Crippen molar-refractivity contribution in [3.05, 3.63) is 60.2 Å². The third kappa shape index (κ3) is 2.59. The first-order valence-corrected chi connectivity index (χ1v) is 5.48. The van der Waals surface area contributed by atoms with Crippen molar-refractivity contribution in [2.75, 3.05) is 0 Å². The highest BCUT2D eigenvalue weighted by Gasteiger charge is 2.14. The Kier molecular flexibility index (Phi) is 3.33. The summed E-state index contributed by atoms with van der Waals surface area (Å²) in [6.45, 7) is 1.26. The van der Waals surface area contributed by atoms with Crippen molar-refractivity contribution in [2.45, 2.75) is 13.1 Å². The first-order chi connectivity index (χ1) is 8.18. The van der Waals surface area contributed by atoms with Gasteiger partial charge in [-0.25, -0.2) is 4.39 Å². The van der Waals surface area contributed by atoms with Gasteiger partial charge in [-0.15, -0.1) is 0 Å². The van der Waals surface area contributed by atoms with Gasteiger partial charge in [-0.3, -0.25) is 4.79 Å². The summed E-state index contributed by atoms with van der Waals surface area (Å²) in [5, 5.41) is 0. The summed E-state index contributed by atoms with van der Waals surface area (Å²) in [6.07, 6.45) is -1.51. The standard InChI is InChI=1S/C15H13FO/c1-11(17)15(16)14-9-7-13(8-10-14)12-5-3-2-4-6-12/h2-10,15H,1H3. The van der Waals surface area contributed by atoms with Crippen LogP contribution in [0.3, 0.4) is 0 Å². The van der Waals surface area contributed by atoms with Gasteiger partial charge in [0, 0.05) is 0 Å². The molecular formula is C15H13FO. The van der Waals surface area contributed by atoms with Crippen LogP contribution in [0, 0.1) is 0 Å². The fourth-order valence-electron chi connectivity index (χ4n) is 1.71. The fourth-order valence-corrected chi connectivity index (χ4v) is 1.71. The van der Waals surface area contributed by atoms with Crippen molar-refractivity contribution in [3.63, 3.8) is 0 Å². The highest BCUT2D eigenvalue weighted by atomic mass is 19.1. The summed E-state index contributed by atoms with van der Waals surface area (Å²) in [6, 6.07) is 16.8. The number of rotatable bonds is 3. The quantitative estimate of drug-likeness (QED) is 0.777. The monoisotopic (exact) mass is 228 g/mol. The number of Topliss-reactive ketones (excluding diaryl/α,β-unsaturated/α-hetero) is 1. The maximum absolute atomic E-state index is 13.4. The summed E-state index contributed by atoms with van der Waals surface area (Å²) in [5.41, 5.74) is 2.51. The Morgan fingerprint density at radius 1 is 0.941 bits per heavy atom. The molecule has 0 saturated carbocycles. The van der Waals surface area contributed by atoms with Crippen LogP contribution in [-0.4, -0.2) is 5.78 Å². The number of halogens is 1. The molecule has 0 saturated heterocycles. The molecule has 0 heterocycles. The van der Waals surface area contributed by atoms with E-state index in [0.717, 1.165) is 11.1 Å². The van der Waals surface area contributed by atoms with Crippen molar-refractivity contribution in [3.8, 4) is 11.1 Å². The first-order valence-electron chi connectivity index (χ1n) is 5.48. The van der Waals surface area contributed by atoms with Crippen molar-refractivity contribution in [2.24, 2.45) is 0 Å². The molecule has 0 radical (unpaired) electrons.